The molecule has 0 saturated carbocycles. The van der Waals surface area contributed by atoms with Gasteiger partial charge < -0.3 is 25.3 Å². The number of fused-ring (bicyclic) bond motifs is 1. The van der Waals surface area contributed by atoms with Crippen molar-refractivity contribution in [1.82, 2.24) is 0 Å². The van der Waals surface area contributed by atoms with E-state index < -0.39 is 0 Å². The van der Waals surface area contributed by atoms with Gasteiger partial charge in [0, 0.05) is 24.7 Å². The predicted molar refractivity (Wildman–Crippen MR) is 114 cm³/mol. The van der Waals surface area contributed by atoms with Gasteiger partial charge in [0.05, 0.1) is 20.8 Å². The van der Waals surface area contributed by atoms with Crippen LogP contribution in [-0.2, 0) is 0 Å². The minimum absolute atomic E-state index is 0.345. The van der Waals surface area contributed by atoms with E-state index in [1.54, 1.807) is 14.2 Å². The van der Waals surface area contributed by atoms with Gasteiger partial charge in [-0.05, 0) is 35.0 Å². The lowest BCUT2D eigenvalue weighted by molar-refractivity contribution is 0.314. The van der Waals surface area contributed by atoms with Crippen molar-refractivity contribution >= 4 is 22.4 Å². The molecule has 0 unspecified atom stereocenters. The molecule has 0 saturated heterocycles. The van der Waals surface area contributed by atoms with Crippen molar-refractivity contribution in [2.75, 3.05) is 32.7 Å². The molecule has 3 rings (SSSR count). The molecule has 0 spiro atoms. The molecule has 3 aromatic carbocycles. The van der Waals surface area contributed by atoms with Gasteiger partial charge in [0.25, 0.3) is 0 Å². The maximum atomic E-state index is 5.95. The Morgan fingerprint density at radius 3 is 2.50 bits per heavy atom. The summed E-state index contributed by atoms with van der Waals surface area (Å²) in [5, 5.41) is 5.42. The van der Waals surface area contributed by atoms with Crippen molar-refractivity contribution in [3.05, 3.63) is 60.7 Å². The Kier molecular flexibility index (Phi) is 6.57. The highest BCUT2D eigenvalue weighted by molar-refractivity contribution is 5.92. The highest BCUT2D eigenvalue weighted by Crippen LogP contribution is 2.29. The first-order valence-corrected chi connectivity index (χ1v) is 9.10. The third-order valence-corrected chi connectivity index (χ3v) is 4.23. The number of anilines is 1. The molecule has 0 atom stereocenters. The van der Waals surface area contributed by atoms with E-state index in [1.807, 2.05) is 42.5 Å². The molecule has 0 bridgehead atoms. The van der Waals surface area contributed by atoms with Gasteiger partial charge in [-0.1, -0.05) is 30.3 Å². The van der Waals surface area contributed by atoms with Crippen LogP contribution in [0.1, 0.15) is 6.42 Å². The zero-order valence-corrected chi connectivity index (χ0v) is 16.1. The minimum atomic E-state index is 0.345. The van der Waals surface area contributed by atoms with E-state index in [0.29, 0.717) is 30.6 Å². The van der Waals surface area contributed by atoms with Gasteiger partial charge in [0.2, 0.25) is 0 Å². The van der Waals surface area contributed by atoms with E-state index in [9.17, 15) is 0 Å². The van der Waals surface area contributed by atoms with Gasteiger partial charge in [-0.3, -0.25) is 4.99 Å². The molecule has 0 amide bonds. The molecular formula is C22H25N3O3. The lowest BCUT2D eigenvalue weighted by atomic mass is 10.1. The van der Waals surface area contributed by atoms with Crippen LogP contribution in [0.5, 0.6) is 17.2 Å². The third-order valence-electron chi connectivity index (χ3n) is 4.23. The van der Waals surface area contributed by atoms with Crippen LogP contribution in [0.4, 0.5) is 5.69 Å². The van der Waals surface area contributed by atoms with Crippen molar-refractivity contribution in [3.63, 3.8) is 0 Å². The normalized spacial score (nSPS) is 11.3. The number of hydrogen-bond donors (Lipinski definition) is 2. The van der Waals surface area contributed by atoms with Gasteiger partial charge in [0.1, 0.15) is 5.75 Å². The fourth-order valence-corrected chi connectivity index (χ4v) is 2.81. The second-order valence-electron chi connectivity index (χ2n) is 6.17. The summed E-state index contributed by atoms with van der Waals surface area (Å²) in [4.78, 5) is 4.33. The molecule has 28 heavy (non-hydrogen) atoms. The van der Waals surface area contributed by atoms with Crippen molar-refractivity contribution in [3.8, 4) is 17.2 Å². The molecule has 0 heterocycles. The second kappa shape index (κ2) is 9.50. The zero-order valence-electron chi connectivity index (χ0n) is 16.1. The summed E-state index contributed by atoms with van der Waals surface area (Å²) in [5.74, 6) is 2.50. The van der Waals surface area contributed by atoms with Crippen LogP contribution in [0.15, 0.2) is 65.7 Å². The largest absolute Gasteiger partial charge is 0.494 e. The van der Waals surface area contributed by atoms with Crippen molar-refractivity contribution < 1.29 is 14.2 Å². The standard InChI is InChI=1S/C22H25N3O3/c1-26-20-11-9-18(15-21(20)27-2)25-22(23)24-12-5-13-28-19-10-8-16-6-3-4-7-17(16)14-19/h3-4,6-11,14-15H,5,12-13H2,1-2H3,(H3,23,24,25). The smallest absolute Gasteiger partial charge is 0.193 e. The zero-order chi connectivity index (χ0) is 19.8. The quantitative estimate of drug-likeness (QED) is 0.351. The summed E-state index contributed by atoms with van der Waals surface area (Å²) >= 11 is 0. The average Bonchev–Trinajstić information content (AvgIpc) is 2.73. The number of nitrogens with two attached hydrogens (primary N) is 1. The minimum Gasteiger partial charge on any atom is -0.494 e. The van der Waals surface area contributed by atoms with Gasteiger partial charge >= 0.3 is 0 Å². The molecule has 3 N–H and O–H groups in total. The molecule has 0 radical (unpaired) electrons. The molecule has 3 aromatic rings. The predicted octanol–water partition coefficient (Wildman–Crippen LogP) is 4.05. The fraction of sp³-hybridized carbons (Fsp3) is 0.227. The summed E-state index contributed by atoms with van der Waals surface area (Å²) in [6.45, 7) is 1.14. The fourth-order valence-electron chi connectivity index (χ4n) is 2.81. The first kappa shape index (κ1) is 19.4. The molecule has 6 nitrogen and oxygen atoms in total. The molecule has 6 heteroatoms. The van der Waals surface area contributed by atoms with E-state index in [-0.39, 0.29) is 0 Å². The monoisotopic (exact) mass is 379 g/mol. The molecule has 0 aromatic heterocycles. The van der Waals surface area contributed by atoms with Crippen LogP contribution in [-0.4, -0.2) is 33.3 Å². The average molecular weight is 379 g/mol. The van der Waals surface area contributed by atoms with E-state index >= 15 is 0 Å². The Morgan fingerprint density at radius 1 is 0.929 bits per heavy atom. The van der Waals surface area contributed by atoms with Gasteiger partial charge in [-0.2, -0.15) is 0 Å². The van der Waals surface area contributed by atoms with E-state index in [1.165, 1.54) is 10.8 Å². The second-order valence-corrected chi connectivity index (χ2v) is 6.17. The first-order valence-electron chi connectivity index (χ1n) is 9.10. The van der Waals surface area contributed by atoms with Crippen molar-refractivity contribution in [2.24, 2.45) is 10.7 Å². The molecule has 0 aliphatic heterocycles. The number of nitrogens with one attached hydrogen (secondary N) is 1. The lowest BCUT2D eigenvalue weighted by Crippen LogP contribution is -2.23. The van der Waals surface area contributed by atoms with Crippen LogP contribution in [0.3, 0.4) is 0 Å². The lowest BCUT2D eigenvalue weighted by Gasteiger charge is -2.11. The number of ether oxygens (including phenoxy) is 3. The molecule has 0 aliphatic rings. The van der Waals surface area contributed by atoms with E-state index in [4.69, 9.17) is 19.9 Å². The first-order chi connectivity index (χ1) is 13.7. The Balaban J connectivity index is 1.46. The van der Waals surface area contributed by atoms with Crippen LogP contribution in [0, 0.1) is 0 Å². The maximum Gasteiger partial charge on any atom is 0.193 e. The van der Waals surface area contributed by atoms with Crippen LogP contribution >= 0.6 is 0 Å². The summed E-state index contributed by atoms with van der Waals surface area (Å²) in [6, 6.07) is 19.8. The Morgan fingerprint density at radius 2 is 1.71 bits per heavy atom. The number of guanidine groups is 1. The number of hydrogen-bond acceptors (Lipinski definition) is 4. The van der Waals surface area contributed by atoms with Crippen molar-refractivity contribution in [1.29, 1.82) is 0 Å². The summed E-state index contributed by atoms with van der Waals surface area (Å²) in [7, 11) is 3.19. The SMILES string of the molecule is COc1ccc(NC(N)=NCCCOc2ccc3ccccc3c2)cc1OC. The van der Waals surface area contributed by atoms with Crippen LogP contribution in [0.25, 0.3) is 10.8 Å². The van der Waals surface area contributed by atoms with Gasteiger partial charge in [-0.15, -0.1) is 0 Å². The Bertz CT molecular complexity index is 957. The Hall–Kier alpha value is -3.41. The van der Waals surface area contributed by atoms with Crippen molar-refractivity contribution in [2.45, 2.75) is 6.42 Å². The number of rotatable bonds is 8. The molecule has 146 valence electrons. The topological polar surface area (TPSA) is 78.1 Å². The molecular weight excluding hydrogens is 354 g/mol. The Labute approximate surface area is 164 Å². The third kappa shape index (κ3) is 5.07. The molecule has 0 aliphatic carbocycles. The number of nitrogens with zero attached hydrogens (tertiary/aromatic N) is 1. The maximum absolute atomic E-state index is 5.95. The number of benzene rings is 3. The summed E-state index contributed by atoms with van der Waals surface area (Å²) in [5.41, 5.74) is 6.73. The van der Waals surface area contributed by atoms with Gasteiger partial charge in [0.15, 0.2) is 17.5 Å². The van der Waals surface area contributed by atoms with Crippen LogP contribution in [0.2, 0.25) is 0 Å². The number of aliphatic imine (C=N–C) groups is 1. The highest BCUT2D eigenvalue weighted by atomic mass is 16.5. The summed E-state index contributed by atoms with van der Waals surface area (Å²) in [6.07, 6.45) is 0.765. The van der Waals surface area contributed by atoms with Gasteiger partial charge in [-0.25, -0.2) is 0 Å². The number of methoxy groups -OCH3 is 2. The molecule has 0 fully saturated rings. The highest BCUT2D eigenvalue weighted by Gasteiger charge is 2.05. The van der Waals surface area contributed by atoms with E-state index in [0.717, 1.165) is 17.9 Å². The summed E-state index contributed by atoms with van der Waals surface area (Å²) < 4.78 is 16.3. The van der Waals surface area contributed by atoms with Crippen LogP contribution < -0.4 is 25.3 Å². The van der Waals surface area contributed by atoms with E-state index in [2.05, 4.69) is 28.5 Å².